The van der Waals surface area contributed by atoms with Gasteiger partial charge in [0.1, 0.15) is 11.5 Å². The van der Waals surface area contributed by atoms with E-state index in [0.717, 1.165) is 6.08 Å². The first-order valence-corrected chi connectivity index (χ1v) is 5.40. The van der Waals surface area contributed by atoms with Gasteiger partial charge in [-0.3, -0.25) is 4.79 Å². The number of esters is 2. The zero-order chi connectivity index (χ0) is 13.4. The van der Waals surface area contributed by atoms with Gasteiger partial charge in [0.2, 0.25) is 0 Å². The van der Waals surface area contributed by atoms with Crippen molar-refractivity contribution in [3.8, 4) is 11.5 Å². The summed E-state index contributed by atoms with van der Waals surface area (Å²) < 4.78 is 9.70. The highest BCUT2D eigenvalue weighted by molar-refractivity contribution is 5.81. The number of hydrogen-bond donors (Lipinski definition) is 1. The maximum atomic E-state index is 11.4. The zero-order valence-electron chi connectivity index (χ0n) is 9.80. The van der Waals surface area contributed by atoms with Gasteiger partial charge in [-0.2, -0.15) is 0 Å². The number of carbonyl (C=O) groups excluding carboxylic acids is 2. The van der Waals surface area contributed by atoms with Gasteiger partial charge in [0, 0.05) is 12.5 Å². The van der Waals surface area contributed by atoms with Gasteiger partial charge in [0.15, 0.2) is 0 Å². The molecule has 18 heavy (non-hydrogen) atoms. The molecule has 0 aromatic heterocycles. The van der Waals surface area contributed by atoms with E-state index in [1.54, 1.807) is 0 Å². The predicted molar refractivity (Wildman–Crippen MR) is 64.1 cm³/mol. The van der Waals surface area contributed by atoms with Crippen LogP contribution in [0.3, 0.4) is 0 Å². The van der Waals surface area contributed by atoms with Crippen LogP contribution in [0.4, 0.5) is 0 Å². The summed E-state index contributed by atoms with van der Waals surface area (Å²) in [6, 6.07) is 5.83. The number of phenolic OH excluding ortho intramolecular Hbond substituents is 1. The number of phenols is 1. The number of ether oxygens (including phenoxy) is 2. The third kappa shape index (κ3) is 5.16. The molecule has 0 atom stereocenters. The molecule has 0 aliphatic carbocycles. The Morgan fingerprint density at radius 3 is 2.56 bits per heavy atom. The average molecular weight is 250 g/mol. The second-order valence-corrected chi connectivity index (χ2v) is 3.44. The molecule has 96 valence electrons. The molecule has 0 saturated heterocycles. The fourth-order valence-corrected chi connectivity index (χ4v) is 1.14. The van der Waals surface area contributed by atoms with Crippen LogP contribution in [-0.4, -0.2) is 23.7 Å². The first-order chi connectivity index (χ1) is 8.61. The van der Waals surface area contributed by atoms with Gasteiger partial charge in [0.05, 0.1) is 6.61 Å². The van der Waals surface area contributed by atoms with Gasteiger partial charge in [-0.05, 0) is 30.7 Å². The molecule has 0 saturated carbocycles. The quantitative estimate of drug-likeness (QED) is 0.361. The monoisotopic (exact) mass is 250 g/mol. The Balaban J connectivity index is 2.23. The predicted octanol–water partition coefficient (Wildman–Crippen LogP) is 1.81. The van der Waals surface area contributed by atoms with Crippen molar-refractivity contribution in [2.75, 3.05) is 6.61 Å². The van der Waals surface area contributed by atoms with E-state index in [1.807, 2.05) is 0 Å². The molecule has 5 nitrogen and oxygen atoms in total. The van der Waals surface area contributed by atoms with Crippen molar-refractivity contribution in [3.05, 3.63) is 36.9 Å². The number of aromatic hydroxyl groups is 1. The van der Waals surface area contributed by atoms with E-state index in [4.69, 9.17) is 14.6 Å². The third-order valence-electron chi connectivity index (χ3n) is 2.00. The van der Waals surface area contributed by atoms with E-state index in [1.165, 1.54) is 24.3 Å². The van der Waals surface area contributed by atoms with Crippen molar-refractivity contribution >= 4 is 11.9 Å². The van der Waals surface area contributed by atoms with Gasteiger partial charge < -0.3 is 14.6 Å². The summed E-state index contributed by atoms with van der Waals surface area (Å²) in [5.41, 5.74) is 0. The van der Waals surface area contributed by atoms with Crippen molar-refractivity contribution in [2.45, 2.75) is 12.8 Å². The number of carbonyl (C=O) groups is 2. The fourth-order valence-electron chi connectivity index (χ4n) is 1.14. The SMILES string of the molecule is C=CC(=O)OCCCC(=O)Oc1ccc(O)cc1. The normalized spacial score (nSPS) is 9.56. The van der Waals surface area contributed by atoms with Crippen molar-refractivity contribution in [1.29, 1.82) is 0 Å². The minimum Gasteiger partial charge on any atom is -0.508 e. The lowest BCUT2D eigenvalue weighted by Gasteiger charge is -2.04. The van der Waals surface area contributed by atoms with Crippen LogP contribution in [0.1, 0.15) is 12.8 Å². The number of hydrogen-bond acceptors (Lipinski definition) is 5. The number of rotatable bonds is 6. The Kier molecular flexibility index (Phi) is 5.44. The van der Waals surface area contributed by atoms with Gasteiger partial charge in [-0.15, -0.1) is 0 Å². The summed E-state index contributed by atoms with van der Waals surface area (Å²) in [4.78, 5) is 22.1. The topological polar surface area (TPSA) is 72.8 Å². The van der Waals surface area contributed by atoms with E-state index in [2.05, 4.69) is 6.58 Å². The zero-order valence-corrected chi connectivity index (χ0v) is 9.80. The molecule has 0 bridgehead atoms. The van der Waals surface area contributed by atoms with Gasteiger partial charge >= 0.3 is 11.9 Å². The molecule has 0 amide bonds. The largest absolute Gasteiger partial charge is 0.508 e. The second kappa shape index (κ2) is 7.11. The average Bonchev–Trinajstić information content (AvgIpc) is 2.37. The molecule has 0 spiro atoms. The number of benzene rings is 1. The molecular formula is C13H14O5. The molecule has 0 radical (unpaired) electrons. The summed E-state index contributed by atoms with van der Waals surface area (Å²) in [5.74, 6) is -0.468. The van der Waals surface area contributed by atoms with Crippen LogP contribution in [0.25, 0.3) is 0 Å². The molecule has 0 aliphatic heterocycles. The summed E-state index contributed by atoms with van der Waals surface area (Å²) in [5, 5.41) is 9.04. The van der Waals surface area contributed by atoms with E-state index in [-0.39, 0.29) is 18.8 Å². The molecule has 1 aromatic carbocycles. The highest BCUT2D eigenvalue weighted by atomic mass is 16.5. The van der Waals surface area contributed by atoms with Crippen molar-refractivity contribution in [2.24, 2.45) is 0 Å². The molecule has 1 rings (SSSR count). The summed E-state index contributed by atoms with van der Waals surface area (Å²) >= 11 is 0. The fraction of sp³-hybridized carbons (Fsp3) is 0.231. The molecule has 1 N–H and O–H groups in total. The Morgan fingerprint density at radius 2 is 1.94 bits per heavy atom. The van der Waals surface area contributed by atoms with Crippen molar-refractivity contribution in [1.82, 2.24) is 0 Å². The molecule has 0 fully saturated rings. The molecule has 5 heteroatoms. The van der Waals surface area contributed by atoms with Crippen LogP contribution in [-0.2, 0) is 14.3 Å². The minimum atomic E-state index is -0.512. The highest BCUT2D eigenvalue weighted by Gasteiger charge is 2.05. The van der Waals surface area contributed by atoms with E-state index in [9.17, 15) is 9.59 Å². The first kappa shape index (κ1) is 13.8. The Bertz CT molecular complexity index is 422. The standard InChI is InChI=1S/C13H14O5/c1-2-12(15)17-9-3-4-13(16)18-11-7-5-10(14)6-8-11/h2,5-8,14H,1,3-4,9H2. The summed E-state index contributed by atoms with van der Waals surface area (Å²) in [7, 11) is 0. The van der Waals surface area contributed by atoms with Gasteiger partial charge in [0.25, 0.3) is 0 Å². The lowest BCUT2D eigenvalue weighted by atomic mass is 10.3. The van der Waals surface area contributed by atoms with Crippen LogP contribution in [0.5, 0.6) is 11.5 Å². The Morgan fingerprint density at radius 1 is 1.28 bits per heavy atom. The maximum Gasteiger partial charge on any atom is 0.330 e. The lowest BCUT2D eigenvalue weighted by Crippen LogP contribution is -2.10. The Labute approximate surface area is 105 Å². The van der Waals surface area contributed by atoms with E-state index < -0.39 is 11.9 Å². The molecular weight excluding hydrogens is 236 g/mol. The van der Waals surface area contributed by atoms with Gasteiger partial charge in [-0.25, -0.2) is 4.79 Å². The molecule has 0 aliphatic rings. The van der Waals surface area contributed by atoms with E-state index >= 15 is 0 Å². The van der Waals surface area contributed by atoms with Crippen LogP contribution < -0.4 is 4.74 Å². The van der Waals surface area contributed by atoms with Crippen LogP contribution in [0, 0.1) is 0 Å². The van der Waals surface area contributed by atoms with Crippen molar-refractivity contribution in [3.63, 3.8) is 0 Å². The molecule has 0 unspecified atom stereocenters. The lowest BCUT2D eigenvalue weighted by molar-refractivity contribution is -0.140. The maximum absolute atomic E-state index is 11.4. The van der Waals surface area contributed by atoms with Crippen LogP contribution >= 0.6 is 0 Å². The second-order valence-electron chi connectivity index (χ2n) is 3.44. The van der Waals surface area contributed by atoms with Crippen LogP contribution in [0.2, 0.25) is 0 Å². The molecule has 1 aromatic rings. The smallest absolute Gasteiger partial charge is 0.330 e. The summed E-state index contributed by atoms with van der Waals surface area (Å²) in [6.45, 7) is 3.40. The van der Waals surface area contributed by atoms with Crippen molar-refractivity contribution < 1.29 is 24.2 Å². The minimum absolute atomic E-state index is 0.103. The van der Waals surface area contributed by atoms with Crippen LogP contribution in [0.15, 0.2) is 36.9 Å². The summed E-state index contributed by atoms with van der Waals surface area (Å²) in [6.07, 6.45) is 1.59. The first-order valence-electron chi connectivity index (χ1n) is 5.40. The highest BCUT2D eigenvalue weighted by Crippen LogP contribution is 2.16. The molecule has 0 heterocycles. The third-order valence-corrected chi connectivity index (χ3v) is 2.00. The Hall–Kier alpha value is -2.30. The van der Waals surface area contributed by atoms with Gasteiger partial charge in [-0.1, -0.05) is 6.58 Å². The van der Waals surface area contributed by atoms with E-state index in [0.29, 0.717) is 12.2 Å².